The van der Waals surface area contributed by atoms with Crippen LogP contribution in [0, 0.1) is 0 Å². The molecule has 21 heavy (non-hydrogen) atoms. The van der Waals surface area contributed by atoms with Crippen LogP contribution < -0.4 is 3.71 Å². The van der Waals surface area contributed by atoms with Gasteiger partial charge < -0.3 is 0 Å². The van der Waals surface area contributed by atoms with Gasteiger partial charge in [-0.2, -0.15) is 0 Å². The van der Waals surface area contributed by atoms with Crippen LogP contribution in [0.2, 0.25) is 14.8 Å². The topological polar surface area (TPSA) is 34.0 Å². The Hall–Kier alpha value is -0.621. The van der Waals surface area contributed by atoms with E-state index >= 15 is 0 Å². The molecule has 0 saturated carbocycles. The first-order valence-corrected chi connectivity index (χ1v) is 18.1. The normalized spacial score (nSPS) is 17.5. The molecule has 0 bridgehead atoms. The molecule has 0 amide bonds. The van der Waals surface area contributed by atoms with Crippen LogP contribution in [-0.2, 0) is 6.54 Å². The fraction of sp³-hybridized carbons (Fsp3) is 0.625. The summed E-state index contributed by atoms with van der Waals surface area (Å²) in [5.74, 6) is 0. The van der Waals surface area contributed by atoms with Crippen LogP contribution in [0.15, 0.2) is 18.3 Å². The van der Waals surface area contributed by atoms with Gasteiger partial charge in [0.1, 0.15) is 0 Å². The van der Waals surface area contributed by atoms with Gasteiger partial charge in [-0.15, -0.1) is 0 Å². The standard InChI is InChI=1S/C13H17N4.3CH3.Sn/c1-2-7-16(8-3-1)9-10-17-13-12(11-15-17)5-4-6-14-13;;;;/h4-6H,1-3,7-10H2;3*1H3;. The van der Waals surface area contributed by atoms with Gasteiger partial charge in [-0.05, 0) is 0 Å². The molecule has 1 saturated heterocycles. The SMILES string of the molecule is [CH3][Sn]([CH3])([CH3])[c]1nn(CCN2CCCCC2)c2ncccc12. The van der Waals surface area contributed by atoms with Crippen molar-refractivity contribution < 1.29 is 0 Å². The minimum atomic E-state index is -2.19. The van der Waals surface area contributed by atoms with Gasteiger partial charge in [0.05, 0.1) is 0 Å². The second-order valence-corrected chi connectivity index (χ2v) is 21.3. The van der Waals surface area contributed by atoms with Crippen LogP contribution in [0.4, 0.5) is 0 Å². The summed E-state index contributed by atoms with van der Waals surface area (Å²) >= 11 is -2.19. The first-order valence-electron chi connectivity index (χ1n) is 8.10. The summed E-state index contributed by atoms with van der Waals surface area (Å²) in [5.41, 5.74) is 1.08. The molecule has 3 heterocycles. The summed E-state index contributed by atoms with van der Waals surface area (Å²) in [6, 6.07) is 4.24. The van der Waals surface area contributed by atoms with Crippen molar-refractivity contribution in [2.75, 3.05) is 19.6 Å². The number of hydrogen-bond acceptors (Lipinski definition) is 3. The molecule has 0 atom stereocenters. The number of rotatable bonds is 4. The molecule has 114 valence electrons. The van der Waals surface area contributed by atoms with Gasteiger partial charge in [-0.3, -0.25) is 0 Å². The van der Waals surface area contributed by atoms with Crippen molar-refractivity contribution in [1.29, 1.82) is 0 Å². The molecule has 2 aromatic heterocycles. The Kier molecular flexibility index (Phi) is 4.54. The fourth-order valence-corrected chi connectivity index (χ4v) is 7.20. The summed E-state index contributed by atoms with van der Waals surface area (Å²) in [4.78, 5) is 14.5. The van der Waals surface area contributed by atoms with Crippen LogP contribution in [0.1, 0.15) is 19.3 Å². The molecule has 1 aliphatic heterocycles. The van der Waals surface area contributed by atoms with Crippen molar-refractivity contribution in [3.05, 3.63) is 18.3 Å². The number of aromatic nitrogens is 3. The minimum absolute atomic E-state index is 0.968. The molecule has 0 N–H and O–H groups in total. The van der Waals surface area contributed by atoms with Crippen LogP contribution in [0.3, 0.4) is 0 Å². The van der Waals surface area contributed by atoms with E-state index in [4.69, 9.17) is 5.10 Å². The molecule has 3 rings (SSSR count). The number of likely N-dealkylation sites (tertiary alicyclic amines) is 1. The van der Waals surface area contributed by atoms with E-state index in [0.29, 0.717) is 0 Å². The molecule has 0 spiro atoms. The first kappa shape index (κ1) is 15.3. The molecule has 0 unspecified atom stereocenters. The summed E-state index contributed by atoms with van der Waals surface area (Å²) in [6.45, 7) is 4.57. The number of fused-ring (bicyclic) bond motifs is 1. The Labute approximate surface area is 131 Å². The van der Waals surface area contributed by atoms with Gasteiger partial charge in [0.2, 0.25) is 0 Å². The zero-order valence-corrected chi connectivity index (χ0v) is 16.3. The quantitative estimate of drug-likeness (QED) is 0.749. The molecule has 0 aromatic carbocycles. The van der Waals surface area contributed by atoms with E-state index in [2.05, 4.69) is 35.5 Å². The molecule has 0 aliphatic carbocycles. The monoisotopic (exact) mass is 394 g/mol. The second kappa shape index (κ2) is 6.24. The predicted molar refractivity (Wildman–Crippen MR) is 90.8 cm³/mol. The number of pyridine rings is 1. The van der Waals surface area contributed by atoms with E-state index in [-0.39, 0.29) is 0 Å². The first-order chi connectivity index (χ1) is 10.1. The Morgan fingerprint density at radius 2 is 1.86 bits per heavy atom. The van der Waals surface area contributed by atoms with Crippen molar-refractivity contribution in [2.45, 2.75) is 40.6 Å². The second-order valence-electron chi connectivity index (χ2n) is 7.10. The third-order valence-corrected chi connectivity index (χ3v) is 9.40. The van der Waals surface area contributed by atoms with Crippen LogP contribution in [-0.4, -0.2) is 57.7 Å². The Morgan fingerprint density at radius 3 is 2.57 bits per heavy atom. The van der Waals surface area contributed by atoms with Crippen LogP contribution >= 0.6 is 0 Å². The maximum absolute atomic E-state index is 4.97. The van der Waals surface area contributed by atoms with Gasteiger partial charge in [0.25, 0.3) is 0 Å². The predicted octanol–water partition coefficient (Wildman–Crippen LogP) is 2.46. The van der Waals surface area contributed by atoms with Gasteiger partial charge in [0.15, 0.2) is 0 Å². The molecule has 5 heteroatoms. The molecular weight excluding hydrogens is 367 g/mol. The molecule has 2 aromatic rings. The third kappa shape index (κ3) is 3.42. The van der Waals surface area contributed by atoms with E-state index in [1.54, 1.807) is 0 Å². The zero-order chi connectivity index (χ0) is 14.9. The zero-order valence-electron chi connectivity index (χ0n) is 13.5. The van der Waals surface area contributed by atoms with Gasteiger partial charge in [-0.25, -0.2) is 0 Å². The summed E-state index contributed by atoms with van der Waals surface area (Å²) < 4.78 is 3.52. The van der Waals surface area contributed by atoms with Crippen molar-refractivity contribution in [3.63, 3.8) is 0 Å². The van der Waals surface area contributed by atoms with Gasteiger partial charge in [-0.1, -0.05) is 0 Å². The van der Waals surface area contributed by atoms with Gasteiger partial charge in [0, 0.05) is 0 Å². The van der Waals surface area contributed by atoms with E-state index in [0.717, 1.165) is 18.7 Å². The van der Waals surface area contributed by atoms with Crippen molar-refractivity contribution in [1.82, 2.24) is 19.7 Å². The van der Waals surface area contributed by atoms with Crippen molar-refractivity contribution in [2.24, 2.45) is 0 Å². The van der Waals surface area contributed by atoms with Crippen LogP contribution in [0.25, 0.3) is 11.0 Å². The molecule has 1 aliphatic rings. The summed E-state index contributed by atoms with van der Waals surface area (Å²) in [7, 11) is 0. The van der Waals surface area contributed by atoms with E-state index in [1.807, 2.05) is 12.3 Å². The summed E-state index contributed by atoms with van der Waals surface area (Å²) in [5, 5.41) is 6.26. The van der Waals surface area contributed by atoms with Crippen LogP contribution in [0.5, 0.6) is 0 Å². The molecule has 1 fully saturated rings. The average Bonchev–Trinajstić information content (AvgIpc) is 2.85. The number of piperidine rings is 1. The van der Waals surface area contributed by atoms with E-state index < -0.39 is 18.4 Å². The third-order valence-electron chi connectivity index (χ3n) is 4.29. The Balaban J connectivity index is 1.84. The van der Waals surface area contributed by atoms with E-state index in [9.17, 15) is 0 Å². The van der Waals surface area contributed by atoms with E-state index in [1.165, 1.54) is 41.4 Å². The maximum atomic E-state index is 4.97. The number of hydrogen-bond donors (Lipinski definition) is 0. The fourth-order valence-electron chi connectivity index (χ4n) is 3.14. The molecular formula is C16H26N4Sn. The van der Waals surface area contributed by atoms with Crippen molar-refractivity contribution in [3.8, 4) is 0 Å². The Bertz CT molecular complexity index is 608. The van der Waals surface area contributed by atoms with Crippen molar-refractivity contribution >= 4 is 33.1 Å². The molecule has 4 nitrogen and oxygen atoms in total. The number of nitrogens with zero attached hydrogens (tertiary/aromatic N) is 4. The average molecular weight is 393 g/mol. The van der Waals surface area contributed by atoms with Gasteiger partial charge >= 0.3 is 131 Å². The Morgan fingerprint density at radius 1 is 1.10 bits per heavy atom. The summed E-state index contributed by atoms with van der Waals surface area (Å²) in [6.07, 6.45) is 5.98. The molecule has 0 radical (unpaired) electrons.